The second-order valence-electron chi connectivity index (χ2n) is 2.64. The highest BCUT2D eigenvalue weighted by Crippen LogP contribution is 2.21. The Morgan fingerprint density at radius 3 is 2.71 bits per heavy atom. The summed E-state index contributed by atoms with van der Waals surface area (Å²) in [4.78, 5) is 26.4. The number of hydrogen-bond donors (Lipinski definition) is 1. The average Bonchev–Trinajstić information content (AvgIpc) is 2.46. The van der Waals surface area contributed by atoms with E-state index in [-0.39, 0.29) is 17.3 Å². The minimum absolute atomic E-state index is 0.0148. The molecule has 1 aromatic heterocycles. The van der Waals surface area contributed by atoms with Gasteiger partial charge in [0, 0.05) is 6.92 Å². The van der Waals surface area contributed by atoms with E-state index in [1.165, 1.54) is 14.0 Å². The Labute approximate surface area is 84.9 Å². The maximum absolute atomic E-state index is 11.1. The van der Waals surface area contributed by atoms with E-state index in [2.05, 4.69) is 9.72 Å². The number of nitrogens with zero attached hydrogens (tertiary/aromatic N) is 1. The minimum Gasteiger partial charge on any atom is -0.469 e. The molecule has 0 saturated heterocycles. The number of rotatable bonds is 3. The number of carbonyl (C=O) groups excluding carboxylic acids is 2. The van der Waals surface area contributed by atoms with Crippen molar-refractivity contribution in [2.75, 3.05) is 12.8 Å². The monoisotopic (exact) mass is 214 g/mol. The summed E-state index contributed by atoms with van der Waals surface area (Å²) in [6, 6.07) is 0. The Balaban J connectivity index is 2.95. The van der Waals surface area contributed by atoms with Crippen molar-refractivity contribution in [1.29, 1.82) is 0 Å². The third-order valence-corrected chi connectivity index (χ3v) is 2.60. The Hall–Kier alpha value is -1.43. The van der Waals surface area contributed by atoms with Gasteiger partial charge in [-0.25, -0.2) is 4.98 Å². The van der Waals surface area contributed by atoms with E-state index in [0.29, 0.717) is 10.6 Å². The largest absolute Gasteiger partial charge is 0.469 e. The van der Waals surface area contributed by atoms with Crippen molar-refractivity contribution in [1.82, 2.24) is 4.98 Å². The van der Waals surface area contributed by atoms with Crippen LogP contribution < -0.4 is 5.73 Å². The molecule has 1 heterocycles. The number of ether oxygens (including phenoxy) is 1. The molecule has 0 aliphatic carbocycles. The molecule has 6 heteroatoms. The first-order chi connectivity index (χ1) is 6.54. The van der Waals surface area contributed by atoms with Gasteiger partial charge in [-0.15, -0.1) is 0 Å². The van der Waals surface area contributed by atoms with Crippen LogP contribution >= 0.6 is 11.3 Å². The fourth-order valence-electron chi connectivity index (χ4n) is 0.974. The number of nitrogens with two attached hydrogens (primary N) is 1. The van der Waals surface area contributed by atoms with Crippen LogP contribution in [-0.4, -0.2) is 23.8 Å². The van der Waals surface area contributed by atoms with Gasteiger partial charge < -0.3 is 10.5 Å². The lowest BCUT2D eigenvalue weighted by molar-refractivity contribution is -0.139. The highest BCUT2D eigenvalue weighted by molar-refractivity contribution is 7.17. The molecule has 5 nitrogen and oxygen atoms in total. The summed E-state index contributed by atoms with van der Waals surface area (Å²) in [5.41, 5.74) is 5.83. The van der Waals surface area contributed by atoms with Crippen molar-refractivity contribution < 1.29 is 14.3 Å². The Morgan fingerprint density at radius 1 is 1.57 bits per heavy atom. The molecule has 0 aliphatic heterocycles. The summed E-state index contributed by atoms with van der Waals surface area (Å²) >= 11 is 1.08. The van der Waals surface area contributed by atoms with Gasteiger partial charge in [0.1, 0.15) is 0 Å². The van der Waals surface area contributed by atoms with Crippen molar-refractivity contribution in [2.45, 2.75) is 13.3 Å². The quantitative estimate of drug-likeness (QED) is 0.590. The SMILES string of the molecule is COC(=O)Cc1nc(N)sc1C(C)=O. The molecule has 0 unspecified atom stereocenters. The molecule has 0 amide bonds. The number of hydrogen-bond acceptors (Lipinski definition) is 6. The van der Waals surface area contributed by atoms with E-state index in [4.69, 9.17) is 5.73 Å². The van der Waals surface area contributed by atoms with Crippen molar-refractivity contribution in [2.24, 2.45) is 0 Å². The van der Waals surface area contributed by atoms with Crippen LogP contribution in [-0.2, 0) is 16.0 Å². The summed E-state index contributed by atoms with van der Waals surface area (Å²) < 4.78 is 4.47. The normalized spacial score (nSPS) is 9.86. The maximum Gasteiger partial charge on any atom is 0.311 e. The van der Waals surface area contributed by atoms with Crippen LogP contribution in [0.5, 0.6) is 0 Å². The predicted molar refractivity (Wildman–Crippen MR) is 52.3 cm³/mol. The van der Waals surface area contributed by atoms with Crippen molar-refractivity contribution in [3.63, 3.8) is 0 Å². The fraction of sp³-hybridized carbons (Fsp3) is 0.375. The van der Waals surface area contributed by atoms with E-state index < -0.39 is 5.97 Å². The van der Waals surface area contributed by atoms with E-state index >= 15 is 0 Å². The van der Waals surface area contributed by atoms with E-state index in [1.54, 1.807) is 0 Å². The third kappa shape index (κ3) is 2.29. The molecule has 14 heavy (non-hydrogen) atoms. The number of ketones is 1. The Kier molecular flexibility index (Phi) is 3.19. The number of esters is 1. The van der Waals surface area contributed by atoms with E-state index in [0.717, 1.165) is 11.3 Å². The number of aromatic nitrogens is 1. The molecule has 2 N–H and O–H groups in total. The highest BCUT2D eigenvalue weighted by Gasteiger charge is 2.16. The van der Waals surface area contributed by atoms with Gasteiger partial charge in [0.15, 0.2) is 10.9 Å². The van der Waals surface area contributed by atoms with E-state index in [9.17, 15) is 9.59 Å². The van der Waals surface area contributed by atoms with Crippen LogP contribution in [0.4, 0.5) is 5.13 Å². The summed E-state index contributed by atoms with van der Waals surface area (Å²) in [7, 11) is 1.28. The standard InChI is InChI=1S/C8H10N2O3S/c1-4(11)7-5(3-6(12)13-2)10-8(9)14-7/h3H2,1-2H3,(H2,9,10). The summed E-state index contributed by atoms with van der Waals surface area (Å²) in [6.07, 6.45) is -0.0148. The number of Topliss-reactive ketones (excluding diaryl/α,β-unsaturated/α-hetero) is 1. The van der Waals surface area contributed by atoms with E-state index in [1.807, 2.05) is 0 Å². The fourth-order valence-corrected chi connectivity index (χ4v) is 1.72. The third-order valence-electron chi connectivity index (χ3n) is 1.57. The zero-order valence-corrected chi connectivity index (χ0v) is 8.68. The molecule has 0 aliphatic rings. The number of thiazole rings is 1. The second kappa shape index (κ2) is 4.19. The molecule has 0 bridgehead atoms. The first kappa shape index (κ1) is 10.6. The molecule has 0 radical (unpaired) electrons. The number of methoxy groups -OCH3 is 1. The second-order valence-corrected chi connectivity index (χ2v) is 3.67. The maximum atomic E-state index is 11.1. The lowest BCUT2D eigenvalue weighted by Gasteiger charge is -1.97. The topological polar surface area (TPSA) is 82.3 Å². The molecule has 1 rings (SSSR count). The molecular weight excluding hydrogens is 204 g/mol. The van der Waals surface area contributed by atoms with Crippen LogP contribution in [0.2, 0.25) is 0 Å². The lowest BCUT2D eigenvalue weighted by Crippen LogP contribution is -2.07. The molecule has 1 aromatic rings. The molecule has 0 aromatic carbocycles. The summed E-state index contributed by atoms with van der Waals surface area (Å²) in [5.74, 6) is -0.573. The predicted octanol–water partition coefficient (Wildman–Crippen LogP) is 0.643. The first-order valence-corrected chi connectivity index (χ1v) is 4.69. The first-order valence-electron chi connectivity index (χ1n) is 3.87. The Morgan fingerprint density at radius 2 is 2.21 bits per heavy atom. The van der Waals surface area contributed by atoms with Crippen molar-refractivity contribution >= 4 is 28.2 Å². The molecule has 0 fully saturated rings. The van der Waals surface area contributed by atoms with Crippen LogP contribution in [0, 0.1) is 0 Å². The van der Waals surface area contributed by atoms with Crippen LogP contribution in [0.25, 0.3) is 0 Å². The van der Waals surface area contributed by atoms with Gasteiger partial charge >= 0.3 is 5.97 Å². The number of anilines is 1. The summed E-state index contributed by atoms with van der Waals surface area (Å²) in [5, 5.41) is 0.286. The van der Waals surface area contributed by atoms with Crippen LogP contribution in [0.3, 0.4) is 0 Å². The van der Waals surface area contributed by atoms with Gasteiger partial charge in [-0.3, -0.25) is 9.59 Å². The van der Waals surface area contributed by atoms with Crippen molar-refractivity contribution in [3.05, 3.63) is 10.6 Å². The van der Waals surface area contributed by atoms with Crippen molar-refractivity contribution in [3.8, 4) is 0 Å². The van der Waals surface area contributed by atoms with Gasteiger partial charge in [-0.1, -0.05) is 11.3 Å². The average molecular weight is 214 g/mol. The highest BCUT2D eigenvalue weighted by atomic mass is 32.1. The van der Waals surface area contributed by atoms with Crippen LogP contribution in [0.1, 0.15) is 22.3 Å². The number of nitrogen functional groups attached to an aromatic ring is 1. The lowest BCUT2D eigenvalue weighted by atomic mass is 10.2. The van der Waals surface area contributed by atoms with Gasteiger partial charge in [0.2, 0.25) is 0 Å². The van der Waals surface area contributed by atoms with Gasteiger partial charge in [-0.2, -0.15) is 0 Å². The summed E-state index contributed by atoms with van der Waals surface area (Å²) in [6.45, 7) is 1.41. The minimum atomic E-state index is -0.433. The molecular formula is C8H10N2O3S. The number of carbonyl (C=O) groups is 2. The van der Waals surface area contributed by atoms with Gasteiger partial charge in [0.05, 0.1) is 24.1 Å². The molecule has 0 spiro atoms. The molecule has 76 valence electrons. The van der Waals surface area contributed by atoms with Gasteiger partial charge in [-0.05, 0) is 0 Å². The zero-order valence-electron chi connectivity index (χ0n) is 7.86. The molecule has 0 saturated carbocycles. The molecule has 0 atom stereocenters. The van der Waals surface area contributed by atoms with Crippen LogP contribution in [0.15, 0.2) is 0 Å². The zero-order chi connectivity index (χ0) is 10.7. The smallest absolute Gasteiger partial charge is 0.311 e. The van der Waals surface area contributed by atoms with Gasteiger partial charge in [0.25, 0.3) is 0 Å². The Bertz CT molecular complexity index is 373.